The summed E-state index contributed by atoms with van der Waals surface area (Å²) in [7, 11) is 0. The van der Waals surface area contributed by atoms with E-state index in [0.29, 0.717) is 0 Å². The molecule has 0 aromatic rings. The lowest BCUT2D eigenvalue weighted by molar-refractivity contribution is 0.176. The Labute approximate surface area is 85.6 Å². The number of hydrogen-bond acceptors (Lipinski definition) is 3. The van der Waals surface area contributed by atoms with Crippen LogP contribution in [0.15, 0.2) is 10.2 Å². The van der Waals surface area contributed by atoms with Crippen molar-refractivity contribution in [1.29, 1.82) is 0 Å². The van der Waals surface area contributed by atoms with Crippen molar-refractivity contribution in [2.45, 2.75) is 69.6 Å². The van der Waals surface area contributed by atoms with Crippen LogP contribution in [0.2, 0.25) is 0 Å². The highest BCUT2D eigenvalue weighted by molar-refractivity contribution is 5.09. The van der Waals surface area contributed by atoms with Crippen LogP contribution >= 0.6 is 0 Å². The molecule has 0 aromatic heterocycles. The quantitative estimate of drug-likeness (QED) is 0.738. The molecule has 1 fully saturated rings. The van der Waals surface area contributed by atoms with Gasteiger partial charge in [0, 0.05) is 6.42 Å². The minimum absolute atomic E-state index is 0.156. The van der Waals surface area contributed by atoms with Crippen LogP contribution in [0.4, 0.5) is 0 Å². The fourth-order valence-corrected chi connectivity index (χ4v) is 2.78. The van der Waals surface area contributed by atoms with Gasteiger partial charge in [0.2, 0.25) is 0 Å². The summed E-state index contributed by atoms with van der Waals surface area (Å²) in [5.41, 5.74) is 0.314. The average Bonchev–Trinajstić information content (AvgIpc) is 2.57. The van der Waals surface area contributed by atoms with Gasteiger partial charge >= 0.3 is 0 Å². The topological polar surface area (TPSA) is 45.0 Å². The van der Waals surface area contributed by atoms with Gasteiger partial charge in [-0.3, -0.25) is 0 Å². The second-order valence-electron chi connectivity index (χ2n) is 5.34. The minimum atomic E-state index is -0.169. The molecule has 3 nitrogen and oxygen atoms in total. The molecule has 1 heterocycles. The monoisotopic (exact) mass is 196 g/mol. The highest BCUT2D eigenvalue weighted by Crippen LogP contribution is 2.50. The smallest absolute Gasteiger partial charge is 0.0840 e. The Balaban J connectivity index is 1.85. The predicted octanol–water partition coefficient (Wildman–Crippen LogP) is 2.68. The summed E-state index contributed by atoms with van der Waals surface area (Å²) in [5, 5.41) is 18.0. The van der Waals surface area contributed by atoms with Crippen LogP contribution in [0.1, 0.15) is 52.4 Å². The van der Waals surface area contributed by atoms with Crippen LogP contribution in [-0.4, -0.2) is 22.3 Å². The van der Waals surface area contributed by atoms with Gasteiger partial charge in [0.05, 0.1) is 17.2 Å². The van der Waals surface area contributed by atoms with Crippen molar-refractivity contribution in [3.63, 3.8) is 0 Å². The van der Waals surface area contributed by atoms with Crippen LogP contribution in [-0.2, 0) is 0 Å². The maximum Gasteiger partial charge on any atom is 0.0840 e. The molecule has 3 atom stereocenters. The van der Waals surface area contributed by atoms with Gasteiger partial charge in [0.1, 0.15) is 0 Å². The van der Waals surface area contributed by atoms with Crippen molar-refractivity contribution in [1.82, 2.24) is 0 Å². The Hall–Kier alpha value is -0.440. The molecule has 0 aromatic carbocycles. The highest BCUT2D eigenvalue weighted by atomic mass is 16.3. The van der Waals surface area contributed by atoms with Gasteiger partial charge in [-0.25, -0.2) is 0 Å². The number of rotatable bonds is 4. The SMILES string of the molecule is CC(O)CCC[C@]12CC[C@](C)(C1)N=N2. The lowest BCUT2D eigenvalue weighted by atomic mass is 9.90. The number of fused-ring (bicyclic) bond motifs is 2. The van der Waals surface area contributed by atoms with E-state index in [2.05, 4.69) is 17.2 Å². The van der Waals surface area contributed by atoms with Gasteiger partial charge < -0.3 is 5.11 Å². The van der Waals surface area contributed by atoms with E-state index < -0.39 is 0 Å². The Kier molecular flexibility index (Phi) is 2.38. The van der Waals surface area contributed by atoms with Crippen molar-refractivity contribution in [3.05, 3.63) is 0 Å². The first-order valence-corrected chi connectivity index (χ1v) is 5.66. The Morgan fingerprint density at radius 3 is 2.57 bits per heavy atom. The molecular weight excluding hydrogens is 176 g/mol. The molecule has 0 amide bonds. The normalized spacial score (nSPS) is 41.9. The first-order chi connectivity index (χ1) is 6.54. The molecule has 2 rings (SSSR count). The summed E-state index contributed by atoms with van der Waals surface area (Å²) in [5.74, 6) is 0. The molecule has 1 saturated carbocycles. The van der Waals surface area contributed by atoms with Gasteiger partial charge in [0.15, 0.2) is 0 Å². The summed E-state index contributed by atoms with van der Waals surface area (Å²) < 4.78 is 0. The second kappa shape index (κ2) is 3.30. The van der Waals surface area contributed by atoms with Crippen LogP contribution in [0.3, 0.4) is 0 Å². The standard InChI is InChI=1S/C11H20N2O/c1-9(14)4-3-5-11-7-6-10(2,8-11)12-13-11/h9,14H,3-8H2,1-2H3/t9?,10-,11+/m1/s1. The van der Waals surface area contributed by atoms with Gasteiger partial charge in [-0.05, 0) is 46.0 Å². The first kappa shape index (κ1) is 10.1. The van der Waals surface area contributed by atoms with Crippen molar-refractivity contribution in [2.75, 3.05) is 0 Å². The van der Waals surface area contributed by atoms with Crippen molar-refractivity contribution in [2.24, 2.45) is 10.2 Å². The van der Waals surface area contributed by atoms with Crippen LogP contribution in [0.5, 0.6) is 0 Å². The van der Waals surface area contributed by atoms with Crippen molar-refractivity contribution < 1.29 is 5.11 Å². The van der Waals surface area contributed by atoms with E-state index in [1.807, 2.05) is 6.92 Å². The number of aliphatic hydroxyl groups excluding tert-OH is 1. The molecule has 14 heavy (non-hydrogen) atoms. The van der Waals surface area contributed by atoms with E-state index in [1.54, 1.807) is 0 Å². The summed E-state index contributed by atoms with van der Waals surface area (Å²) >= 11 is 0. The van der Waals surface area contributed by atoms with E-state index in [-0.39, 0.29) is 17.2 Å². The van der Waals surface area contributed by atoms with Crippen molar-refractivity contribution >= 4 is 0 Å². The first-order valence-electron chi connectivity index (χ1n) is 5.66. The lowest BCUT2D eigenvalue weighted by Gasteiger charge is -2.20. The number of nitrogens with zero attached hydrogens (tertiary/aromatic N) is 2. The molecule has 2 bridgehead atoms. The number of hydrogen-bond donors (Lipinski definition) is 1. The summed E-state index contributed by atoms with van der Waals surface area (Å²) in [6.07, 6.45) is 6.45. The summed E-state index contributed by atoms with van der Waals surface area (Å²) in [4.78, 5) is 0. The zero-order valence-electron chi connectivity index (χ0n) is 9.16. The van der Waals surface area contributed by atoms with E-state index in [9.17, 15) is 5.11 Å². The van der Waals surface area contributed by atoms with Crippen LogP contribution in [0, 0.1) is 0 Å². The van der Waals surface area contributed by atoms with Gasteiger partial charge in [-0.15, -0.1) is 0 Å². The third kappa shape index (κ3) is 1.83. The minimum Gasteiger partial charge on any atom is -0.393 e. The molecule has 3 heteroatoms. The third-order valence-electron chi connectivity index (χ3n) is 3.61. The Bertz CT molecular complexity index is 252. The molecule has 2 aliphatic rings. The summed E-state index contributed by atoms with van der Waals surface area (Å²) in [6, 6.07) is 0. The van der Waals surface area contributed by atoms with Gasteiger partial charge in [0.25, 0.3) is 0 Å². The van der Waals surface area contributed by atoms with E-state index in [1.165, 1.54) is 12.8 Å². The highest BCUT2D eigenvalue weighted by Gasteiger charge is 2.50. The largest absolute Gasteiger partial charge is 0.393 e. The number of aliphatic hydroxyl groups is 1. The third-order valence-corrected chi connectivity index (χ3v) is 3.61. The van der Waals surface area contributed by atoms with Crippen molar-refractivity contribution in [3.8, 4) is 0 Å². The fourth-order valence-electron chi connectivity index (χ4n) is 2.78. The lowest BCUT2D eigenvalue weighted by Crippen LogP contribution is -2.21. The molecule has 1 N–H and O–H groups in total. The van der Waals surface area contributed by atoms with E-state index >= 15 is 0 Å². The summed E-state index contributed by atoms with van der Waals surface area (Å²) in [6.45, 7) is 4.06. The molecule has 0 saturated heterocycles. The molecule has 1 aliphatic heterocycles. The Morgan fingerprint density at radius 1 is 1.36 bits per heavy atom. The average molecular weight is 196 g/mol. The van der Waals surface area contributed by atoms with E-state index in [0.717, 1.165) is 25.7 Å². The Morgan fingerprint density at radius 2 is 2.14 bits per heavy atom. The second-order valence-corrected chi connectivity index (χ2v) is 5.34. The fraction of sp³-hybridized carbons (Fsp3) is 1.00. The predicted molar refractivity (Wildman–Crippen MR) is 55.4 cm³/mol. The molecule has 1 aliphatic carbocycles. The maximum atomic E-state index is 9.19. The van der Waals surface area contributed by atoms with Gasteiger partial charge in [-0.1, -0.05) is 0 Å². The molecule has 0 radical (unpaired) electrons. The van der Waals surface area contributed by atoms with E-state index in [4.69, 9.17) is 0 Å². The zero-order valence-corrected chi connectivity index (χ0v) is 9.16. The van der Waals surface area contributed by atoms with Crippen LogP contribution in [0.25, 0.3) is 0 Å². The van der Waals surface area contributed by atoms with Crippen LogP contribution < -0.4 is 0 Å². The zero-order chi connectivity index (χ0) is 10.2. The maximum absolute atomic E-state index is 9.19. The van der Waals surface area contributed by atoms with Gasteiger partial charge in [-0.2, -0.15) is 10.2 Å². The number of azo groups is 1. The molecule has 80 valence electrons. The molecule has 1 unspecified atom stereocenters. The molecule has 0 spiro atoms. The molecular formula is C11H20N2O.